The van der Waals surface area contributed by atoms with Crippen LogP contribution >= 0.6 is 0 Å². The van der Waals surface area contributed by atoms with E-state index in [1.807, 2.05) is 0 Å². The number of carbonyl (C=O) groups excluding carboxylic acids is 1. The molecule has 0 aliphatic rings. The molecule has 2 aromatic rings. The summed E-state index contributed by atoms with van der Waals surface area (Å²) in [5, 5.41) is 9.32. The number of phenolic OH excluding ortho intramolecular Hbond substituents is 1. The number of benzene rings is 2. The van der Waals surface area contributed by atoms with Crippen molar-refractivity contribution < 1.29 is 19.0 Å². The van der Waals surface area contributed by atoms with E-state index < -0.39 is 17.5 Å². The molecule has 0 saturated heterocycles. The number of methoxy groups -OCH3 is 1. The molecule has 0 amide bonds. The van der Waals surface area contributed by atoms with Crippen molar-refractivity contribution in [2.24, 2.45) is 0 Å². The van der Waals surface area contributed by atoms with Gasteiger partial charge in [0, 0.05) is 5.56 Å². The van der Waals surface area contributed by atoms with Gasteiger partial charge < -0.3 is 9.84 Å². The number of phenols is 1. The van der Waals surface area contributed by atoms with Gasteiger partial charge in [0.1, 0.15) is 0 Å². The maximum Gasteiger partial charge on any atom is 0.337 e. The van der Waals surface area contributed by atoms with Gasteiger partial charge in [0.05, 0.1) is 12.7 Å². The minimum absolute atomic E-state index is 0.237. The van der Waals surface area contributed by atoms with Crippen LogP contribution in [-0.2, 0) is 4.74 Å². The standard InChI is InChI=1S/C14H11FO3/c1-18-14(17)10-5-2-4-9(8-10)11-6-3-7-12(16)13(11)15/h2-8,16H,1H3. The molecular formula is C14H11FO3. The van der Waals surface area contributed by atoms with Crippen LogP contribution in [0.5, 0.6) is 5.75 Å². The van der Waals surface area contributed by atoms with E-state index in [4.69, 9.17) is 0 Å². The third-order valence-electron chi connectivity index (χ3n) is 2.57. The first kappa shape index (κ1) is 12.1. The average Bonchev–Trinajstić information content (AvgIpc) is 2.41. The lowest BCUT2D eigenvalue weighted by molar-refractivity contribution is 0.0601. The molecule has 0 atom stereocenters. The molecule has 0 heterocycles. The van der Waals surface area contributed by atoms with E-state index in [2.05, 4.69) is 4.74 Å². The normalized spacial score (nSPS) is 10.1. The Morgan fingerprint density at radius 1 is 1.22 bits per heavy atom. The number of esters is 1. The van der Waals surface area contributed by atoms with Crippen LogP contribution in [0.3, 0.4) is 0 Å². The molecule has 0 saturated carbocycles. The number of aromatic hydroxyl groups is 1. The van der Waals surface area contributed by atoms with Crippen molar-refractivity contribution in [2.75, 3.05) is 7.11 Å². The van der Waals surface area contributed by atoms with Crippen LogP contribution in [0.4, 0.5) is 4.39 Å². The summed E-state index contributed by atoms with van der Waals surface area (Å²) in [7, 11) is 1.28. The highest BCUT2D eigenvalue weighted by Gasteiger charge is 2.11. The molecule has 0 aliphatic heterocycles. The third-order valence-corrected chi connectivity index (χ3v) is 2.57. The van der Waals surface area contributed by atoms with Gasteiger partial charge >= 0.3 is 5.97 Å². The van der Waals surface area contributed by atoms with E-state index >= 15 is 0 Å². The van der Waals surface area contributed by atoms with Crippen LogP contribution in [0, 0.1) is 5.82 Å². The second kappa shape index (κ2) is 4.87. The zero-order valence-electron chi connectivity index (χ0n) is 9.68. The number of carbonyl (C=O) groups is 1. The molecular weight excluding hydrogens is 235 g/mol. The highest BCUT2D eigenvalue weighted by atomic mass is 19.1. The Morgan fingerprint density at radius 3 is 2.67 bits per heavy atom. The Kier molecular flexibility index (Phi) is 3.28. The van der Waals surface area contributed by atoms with Gasteiger partial charge in [-0.3, -0.25) is 0 Å². The largest absolute Gasteiger partial charge is 0.505 e. The molecule has 4 heteroatoms. The van der Waals surface area contributed by atoms with Gasteiger partial charge in [0.25, 0.3) is 0 Å². The first-order chi connectivity index (χ1) is 8.63. The summed E-state index contributed by atoms with van der Waals surface area (Å²) in [5.74, 6) is -1.62. The predicted octanol–water partition coefficient (Wildman–Crippen LogP) is 2.98. The number of ether oxygens (including phenoxy) is 1. The molecule has 0 aromatic heterocycles. The fourth-order valence-electron chi connectivity index (χ4n) is 1.67. The summed E-state index contributed by atoms with van der Waals surface area (Å²) >= 11 is 0. The molecule has 0 bridgehead atoms. The van der Waals surface area contributed by atoms with Crippen molar-refractivity contribution in [2.45, 2.75) is 0 Å². The monoisotopic (exact) mass is 246 g/mol. The Balaban J connectivity index is 2.51. The van der Waals surface area contributed by atoms with Crippen LogP contribution in [-0.4, -0.2) is 18.2 Å². The molecule has 1 N–H and O–H groups in total. The average molecular weight is 246 g/mol. The molecule has 0 aliphatic carbocycles. The lowest BCUT2D eigenvalue weighted by atomic mass is 10.0. The van der Waals surface area contributed by atoms with Crippen LogP contribution in [0.25, 0.3) is 11.1 Å². The lowest BCUT2D eigenvalue weighted by Crippen LogP contribution is -2.01. The molecule has 3 nitrogen and oxygen atoms in total. The summed E-state index contributed by atoms with van der Waals surface area (Å²) in [6, 6.07) is 10.7. The number of rotatable bonds is 2. The zero-order valence-corrected chi connectivity index (χ0v) is 9.68. The Labute approximate surface area is 103 Å². The van der Waals surface area contributed by atoms with E-state index in [0.717, 1.165) is 0 Å². The molecule has 2 aromatic carbocycles. The van der Waals surface area contributed by atoms with Crippen molar-refractivity contribution in [3.8, 4) is 16.9 Å². The third kappa shape index (κ3) is 2.18. The molecule has 0 unspecified atom stereocenters. The van der Waals surface area contributed by atoms with Crippen molar-refractivity contribution in [1.29, 1.82) is 0 Å². The minimum Gasteiger partial charge on any atom is -0.505 e. The maximum atomic E-state index is 13.7. The first-order valence-electron chi connectivity index (χ1n) is 5.29. The van der Waals surface area contributed by atoms with Crippen LogP contribution < -0.4 is 0 Å². The lowest BCUT2D eigenvalue weighted by Gasteiger charge is -2.06. The number of hydrogen-bond donors (Lipinski definition) is 1. The summed E-state index contributed by atoms with van der Waals surface area (Å²) in [6.07, 6.45) is 0. The quantitative estimate of drug-likeness (QED) is 0.828. The Morgan fingerprint density at radius 2 is 1.94 bits per heavy atom. The van der Waals surface area contributed by atoms with Crippen molar-refractivity contribution in [3.05, 3.63) is 53.8 Å². The number of halogens is 1. The highest BCUT2D eigenvalue weighted by molar-refractivity contribution is 5.91. The van der Waals surface area contributed by atoms with Gasteiger partial charge in [-0.15, -0.1) is 0 Å². The van der Waals surface area contributed by atoms with E-state index in [9.17, 15) is 14.3 Å². The van der Waals surface area contributed by atoms with Gasteiger partial charge in [-0.1, -0.05) is 24.3 Å². The fourth-order valence-corrected chi connectivity index (χ4v) is 1.67. The maximum absolute atomic E-state index is 13.7. The molecule has 0 radical (unpaired) electrons. The first-order valence-corrected chi connectivity index (χ1v) is 5.29. The zero-order chi connectivity index (χ0) is 13.1. The Bertz CT molecular complexity index is 593. The SMILES string of the molecule is COC(=O)c1cccc(-c2cccc(O)c2F)c1. The highest BCUT2D eigenvalue weighted by Crippen LogP contribution is 2.28. The Hall–Kier alpha value is -2.36. The predicted molar refractivity (Wildman–Crippen MR) is 64.8 cm³/mol. The number of hydrogen-bond acceptors (Lipinski definition) is 3. The van der Waals surface area contributed by atoms with E-state index in [0.29, 0.717) is 11.1 Å². The van der Waals surface area contributed by atoms with Crippen molar-refractivity contribution >= 4 is 5.97 Å². The van der Waals surface area contributed by atoms with Gasteiger partial charge in [0.2, 0.25) is 0 Å². The molecule has 0 fully saturated rings. The van der Waals surface area contributed by atoms with Crippen molar-refractivity contribution in [3.63, 3.8) is 0 Å². The smallest absolute Gasteiger partial charge is 0.337 e. The van der Waals surface area contributed by atoms with E-state index in [-0.39, 0.29) is 5.56 Å². The van der Waals surface area contributed by atoms with Gasteiger partial charge in [-0.25, -0.2) is 9.18 Å². The topological polar surface area (TPSA) is 46.5 Å². The fraction of sp³-hybridized carbons (Fsp3) is 0.0714. The van der Waals surface area contributed by atoms with Gasteiger partial charge in [-0.2, -0.15) is 0 Å². The summed E-state index contributed by atoms with van der Waals surface area (Å²) < 4.78 is 18.3. The van der Waals surface area contributed by atoms with Crippen LogP contribution in [0.15, 0.2) is 42.5 Å². The van der Waals surface area contributed by atoms with Gasteiger partial charge in [0.15, 0.2) is 11.6 Å². The molecule has 0 spiro atoms. The molecule has 92 valence electrons. The summed E-state index contributed by atoms with van der Waals surface area (Å²) in [5.41, 5.74) is 1.07. The second-order valence-electron chi connectivity index (χ2n) is 3.71. The van der Waals surface area contributed by atoms with Gasteiger partial charge in [-0.05, 0) is 23.8 Å². The van der Waals surface area contributed by atoms with Crippen molar-refractivity contribution in [1.82, 2.24) is 0 Å². The van der Waals surface area contributed by atoms with Crippen LogP contribution in [0.2, 0.25) is 0 Å². The van der Waals surface area contributed by atoms with Crippen LogP contribution in [0.1, 0.15) is 10.4 Å². The van der Waals surface area contributed by atoms with E-state index in [1.54, 1.807) is 24.3 Å². The minimum atomic E-state index is -0.709. The molecule has 2 rings (SSSR count). The summed E-state index contributed by atoms with van der Waals surface area (Å²) in [4.78, 5) is 11.4. The second-order valence-corrected chi connectivity index (χ2v) is 3.71. The molecule has 18 heavy (non-hydrogen) atoms. The van der Waals surface area contributed by atoms with E-state index in [1.165, 1.54) is 25.3 Å². The summed E-state index contributed by atoms with van der Waals surface area (Å²) in [6.45, 7) is 0.